The van der Waals surface area contributed by atoms with Crippen molar-refractivity contribution in [1.82, 2.24) is 20.4 Å². The molecule has 1 amide bonds. The molecule has 4 rings (SSSR count). The molecule has 2 aliphatic rings. The molecule has 6 heteroatoms. The van der Waals surface area contributed by atoms with Crippen molar-refractivity contribution in [3.63, 3.8) is 0 Å². The maximum Gasteiger partial charge on any atom is 0.269 e. The van der Waals surface area contributed by atoms with Crippen molar-refractivity contribution < 1.29 is 9.18 Å². The minimum absolute atomic E-state index is 0.0144. The van der Waals surface area contributed by atoms with Crippen molar-refractivity contribution in [2.75, 3.05) is 6.54 Å². The standard InChI is InChI=1S/C15H15FN4O/c16-10-3-1-9(2-4-10)12-7-13-15(21)17-8-14(20(13)19-12)18-11-5-6-11/h1-4,7,11,14,18H,5-6,8H2,(H,17,21)/t14-/m0/s1. The van der Waals surface area contributed by atoms with E-state index in [1.165, 1.54) is 25.0 Å². The van der Waals surface area contributed by atoms with Crippen molar-refractivity contribution >= 4 is 5.91 Å². The molecule has 1 aromatic heterocycles. The van der Waals surface area contributed by atoms with Gasteiger partial charge in [-0.1, -0.05) is 0 Å². The number of aromatic nitrogens is 2. The first-order chi connectivity index (χ1) is 10.2. The van der Waals surface area contributed by atoms with Gasteiger partial charge in [0.15, 0.2) is 0 Å². The Kier molecular flexibility index (Phi) is 2.78. The molecular formula is C15H15FN4O. The van der Waals surface area contributed by atoms with E-state index in [1.54, 1.807) is 22.9 Å². The van der Waals surface area contributed by atoms with E-state index in [1.807, 2.05) is 0 Å². The minimum Gasteiger partial charge on any atom is -0.347 e. The Morgan fingerprint density at radius 1 is 1.29 bits per heavy atom. The van der Waals surface area contributed by atoms with Gasteiger partial charge in [-0.15, -0.1) is 0 Å². The third kappa shape index (κ3) is 2.31. The lowest BCUT2D eigenvalue weighted by molar-refractivity contribution is 0.0900. The maximum atomic E-state index is 13.0. The molecule has 0 radical (unpaired) electrons. The number of halogens is 1. The lowest BCUT2D eigenvalue weighted by atomic mass is 10.1. The summed E-state index contributed by atoms with van der Waals surface area (Å²) in [5, 5.41) is 10.9. The smallest absolute Gasteiger partial charge is 0.269 e. The SMILES string of the molecule is O=C1NC[C@@H](NC2CC2)n2nc(-c3ccc(F)cc3)cc21. The molecule has 1 atom stereocenters. The highest BCUT2D eigenvalue weighted by Crippen LogP contribution is 2.26. The van der Waals surface area contributed by atoms with Crippen LogP contribution in [0.4, 0.5) is 4.39 Å². The van der Waals surface area contributed by atoms with Crippen molar-refractivity contribution in [1.29, 1.82) is 0 Å². The lowest BCUT2D eigenvalue weighted by Crippen LogP contribution is -2.45. The van der Waals surface area contributed by atoms with Crippen LogP contribution in [0.3, 0.4) is 0 Å². The zero-order valence-corrected chi connectivity index (χ0v) is 11.3. The fourth-order valence-corrected chi connectivity index (χ4v) is 2.58. The molecule has 21 heavy (non-hydrogen) atoms. The van der Waals surface area contributed by atoms with Gasteiger partial charge in [-0.3, -0.25) is 10.1 Å². The van der Waals surface area contributed by atoms with Crippen LogP contribution in [0.5, 0.6) is 0 Å². The molecule has 0 bridgehead atoms. The number of hydrogen-bond donors (Lipinski definition) is 2. The van der Waals surface area contributed by atoms with Crippen LogP contribution in [0.15, 0.2) is 30.3 Å². The summed E-state index contributed by atoms with van der Waals surface area (Å²) in [7, 11) is 0. The molecule has 2 aromatic rings. The molecule has 0 unspecified atom stereocenters. The van der Waals surface area contributed by atoms with E-state index in [0.29, 0.717) is 24.0 Å². The maximum absolute atomic E-state index is 13.0. The van der Waals surface area contributed by atoms with E-state index in [9.17, 15) is 9.18 Å². The second-order valence-corrected chi connectivity index (χ2v) is 5.53. The Hall–Kier alpha value is -2.21. The van der Waals surface area contributed by atoms with E-state index in [2.05, 4.69) is 15.7 Å². The Morgan fingerprint density at radius 2 is 2.05 bits per heavy atom. The quantitative estimate of drug-likeness (QED) is 0.902. The molecule has 2 heterocycles. The van der Waals surface area contributed by atoms with Crippen LogP contribution in [0.2, 0.25) is 0 Å². The second-order valence-electron chi connectivity index (χ2n) is 5.53. The number of rotatable bonds is 3. The molecule has 0 spiro atoms. The molecule has 1 saturated carbocycles. The summed E-state index contributed by atoms with van der Waals surface area (Å²) in [6.45, 7) is 0.535. The third-order valence-electron chi connectivity index (χ3n) is 3.86. The summed E-state index contributed by atoms with van der Waals surface area (Å²) in [5.74, 6) is -0.404. The zero-order chi connectivity index (χ0) is 14.4. The van der Waals surface area contributed by atoms with Crippen LogP contribution in [0, 0.1) is 5.82 Å². The Morgan fingerprint density at radius 3 is 2.76 bits per heavy atom. The number of carbonyl (C=O) groups excluding carboxylic acids is 1. The number of amides is 1. The van der Waals surface area contributed by atoms with Crippen LogP contribution >= 0.6 is 0 Å². The van der Waals surface area contributed by atoms with E-state index in [-0.39, 0.29) is 17.9 Å². The highest BCUT2D eigenvalue weighted by atomic mass is 19.1. The number of fused-ring (bicyclic) bond motifs is 1. The fourth-order valence-electron chi connectivity index (χ4n) is 2.58. The molecule has 1 aliphatic carbocycles. The van der Waals surface area contributed by atoms with Crippen LogP contribution < -0.4 is 10.6 Å². The van der Waals surface area contributed by atoms with E-state index in [0.717, 1.165) is 5.56 Å². The van der Waals surface area contributed by atoms with Gasteiger partial charge >= 0.3 is 0 Å². The molecule has 1 fully saturated rings. The summed E-state index contributed by atoms with van der Waals surface area (Å²) >= 11 is 0. The molecule has 1 aromatic carbocycles. The van der Waals surface area contributed by atoms with Crippen LogP contribution in [0.1, 0.15) is 29.5 Å². The van der Waals surface area contributed by atoms with Gasteiger partial charge in [0.1, 0.15) is 17.7 Å². The monoisotopic (exact) mass is 286 g/mol. The van der Waals surface area contributed by atoms with Gasteiger partial charge < -0.3 is 5.32 Å². The first kappa shape index (κ1) is 12.5. The van der Waals surface area contributed by atoms with Crippen molar-refractivity contribution in [2.45, 2.75) is 25.0 Å². The predicted molar refractivity (Wildman–Crippen MR) is 75.1 cm³/mol. The van der Waals surface area contributed by atoms with E-state index < -0.39 is 0 Å². The summed E-state index contributed by atoms with van der Waals surface area (Å²) in [4.78, 5) is 12.0. The predicted octanol–water partition coefficient (Wildman–Crippen LogP) is 1.68. The summed E-state index contributed by atoms with van der Waals surface area (Å²) in [5.41, 5.74) is 2.03. The van der Waals surface area contributed by atoms with Crippen molar-refractivity contribution in [2.24, 2.45) is 0 Å². The molecule has 2 N–H and O–H groups in total. The molecule has 108 valence electrons. The van der Waals surface area contributed by atoms with Crippen LogP contribution in [-0.2, 0) is 0 Å². The Labute approximate surface area is 121 Å². The van der Waals surface area contributed by atoms with E-state index in [4.69, 9.17) is 0 Å². The van der Waals surface area contributed by atoms with Crippen LogP contribution in [0.25, 0.3) is 11.3 Å². The molecule has 5 nitrogen and oxygen atoms in total. The fraction of sp³-hybridized carbons (Fsp3) is 0.333. The topological polar surface area (TPSA) is 59.0 Å². The van der Waals surface area contributed by atoms with Gasteiger partial charge in [0.05, 0.1) is 12.2 Å². The lowest BCUT2D eigenvalue weighted by Gasteiger charge is -2.25. The van der Waals surface area contributed by atoms with Gasteiger partial charge in [0, 0.05) is 11.6 Å². The third-order valence-corrected chi connectivity index (χ3v) is 3.86. The highest BCUT2D eigenvalue weighted by Gasteiger charge is 2.31. The Balaban J connectivity index is 1.71. The first-order valence-corrected chi connectivity index (χ1v) is 7.10. The zero-order valence-electron chi connectivity index (χ0n) is 11.3. The van der Waals surface area contributed by atoms with Gasteiger partial charge in [0.2, 0.25) is 0 Å². The first-order valence-electron chi connectivity index (χ1n) is 7.10. The highest BCUT2D eigenvalue weighted by molar-refractivity contribution is 5.94. The van der Waals surface area contributed by atoms with Gasteiger partial charge in [0.25, 0.3) is 5.91 Å². The van der Waals surface area contributed by atoms with Crippen molar-refractivity contribution in [3.05, 3.63) is 41.8 Å². The van der Waals surface area contributed by atoms with Gasteiger partial charge in [-0.25, -0.2) is 9.07 Å². The average molecular weight is 286 g/mol. The summed E-state index contributed by atoms with van der Waals surface area (Å²) in [6, 6.07) is 8.41. The summed E-state index contributed by atoms with van der Waals surface area (Å²) in [6.07, 6.45) is 2.33. The normalized spacial score (nSPS) is 21.0. The van der Waals surface area contributed by atoms with E-state index >= 15 is 0 Å². The van der Waals surface area contributed by atoms with Crippen molar-refractivity contribution in [3.8, 4) is 11.3 Å². The number of nitrogens with one attached hydrogen (secondary N) is 2. The van der Waals surface area contributed by atoms with Gasteiger partial charge in [-0.2, -0.15) is 5.10 Å². The average Bonchev–Trinajstić information content (AvgIpc) is 3.18. The molecule has 0 saturated heterocycles. The number of carbonyl (C=O) groups is 1. The van der Waals surface area contributed by atoms with Crippen LogP contribution in [-0.4, -0.2) is 28.3 Å². The number of benzene rings is 1. The van der Waals surface area contributed by atoms with Gasteiger partial charge in [-0.05, 0) is 43.2 Å². The molecule has 1 aliphatic heterocycles. The largest absolute Gasteiger partial charge is 0.347 e. The number of hydrogen-bond acceptors (Lipinski definition) is 3. The Bertz CT molecular complexity index is 690. The minimum atomic E-state index is -0.284. The number of nitrogens with zero attached hydrogens (tertiary/aromatic N) is 2. The molecular weight excluding hydrogens is 271 g/mol. The summed E-state index contributed by atoms with van der Waals surface area (Å²) < 4.78 is 14.7. The second kappa shape index (κ2) is 4.66.